The van der Waals surface area contributed by atoms with Gasteiger partial charge in [0.2, 0.25) is 0 Å². The van der Waals surface area contributed by atoms with Gasteiger partial charge in [0, 0.05) is 5.71 Å². The van der Waals surface area contributed by atoms with Crippen LogP contribution in [-0.4, -0.2) is 11.6 Å². The lowest BCUT2D eigenvalue weighted by Crippen LogP contribution is -2.19. The first-order valence-electron chi connectivity index (χ1n) is 4.80. The molecule has 76 valence electrons. The van der Waals surface area contributed by atoms with E-state index in [2.05, 4.69) is 11.7 Å². The number of rotatable bonds is 2. The third-order valence-electron chi connectivity index (χ3n) is 2.29. The van der Waals surface area contributed by atoms with Crippen molar-refractivity contribution in [2.75, 3.05) is 5.01 Å². The van der Waals surface area contributed by atoms with E-state index in [-0.39, 0.29) is 5.91 Å². The quantitative estimate of drug-likeness (QED) is 0.721. The Morgan fingerprint density at radius 3 is 2.53 bits per heavy atom. The van der Waals surface area contributed by atoms with Crippen LogP contribution in [0.2, 0.25) is 0 Å². The molecule has 1 amide bonds. The second-order valence-electron chi connectivity index (χ2n) is 3.51. The Kier molecular flexibility index (Phi) is 2.37. The molecule has 0 fully saturated rings. The van der Waals surface area contributed by atoms with Gasteiger partial charge in [0.15, 0.2) is 0 Å². The molecule has 0 radical (unpaired) electrons. The van der Waals surface area contributed by atoms with Gasteiger partial charge in [-0.05, 0) is 24.6 Å². The Bertz CT molecular complexity index is 431. The molecular weight excluding hydrogens is 188 g/mol. The lowest BCUT2D eigenvalue weighted by atomic mass is 10.2. The highest BCUT2D eigenvalue weighted by Gasteiger charge is 2.22. The van der Waals surface area contributed by atoms with Crippen molar-refractivity contribution in [1.29, 1.82) is 0 Å². The molecular formula is C12H12N2O. The zero-order valence-electron chi connectivity index (χ0n) is 8.60. The summed E-state index contributed by atoms with van der Waals surface area (Å²) in [7, 11) is 0. The summed E-state index contributed by atoms with van der Waals surface area (Å²) in [6.45, 7) is 5.53. The van der Waals surface area contributed by atoms with E-state index in [1.54, 1.807) is 6.08 Å². The fraction of sp³-hybridized carbons (Fsp3) is 0.167. The number of hydrogen-bond donors (Lipinski definition) is 0. The van der Waals surface area contributed by atoms with Crippen molar-refractivity contribution in [2.45, 2.75) is 13.3 Å². The van der Waals surface area contributed by atoms with Gasteiger partial charge in [-0.25, -0.2) is 5.01 Å². The molecule has 0 unspecified atom stereocenters. The van der Waals surface area contributed by atoms with Crippen molar-refractivity contribution in [2.24, 2.45) is 5.10 Å². The molecule has 1 aromatic rings. The van der Waals surface area contributed by atoms with Gasteiger partial charge in [-0.1, -0.05) is 24.8 Å². The Labute approximate surface area is 88.7 Å². The summed E-state index contributed by atoms with van der Waals surface area (Å²) in [5.74, 6) is 0.0267. The number of carbonyl (C=O) groups is 1. The molecule has 0 spiro atoms. The number of hydrogen-bond acceptors (Lipinski definition) is 2. The minimum Gasteiger partial charge on any atom is -0.272 e. The Morgan fingerprint density at radius 1 is 1.40 bits per heavy atom. The molecule has 0 aliphatic carbocycles. The van der Waals surface area contributed by atoms with Crippen LogP contribution in [0.4, 0.5) is 5.69 Å². The van der Waals surface area contributed by atoms with Gasteiger partial charge in [-0.2, -0.15) is 5.10 Å². The van der Waals surface area contributed by atoms with Crippen LogP contribution in [0, 0.1) is 0 Å². The summed E-state index contributed by atoms with van der Waals surface area (Å²) >= 11 is 0. The van der Waals surface area contributed by atoms with Crippen molar-refractivity contribution in [3.8, 4) is 0 Å². The van der Waals surface area contributed by atoms with Crippen LogP contribution >= 0.6 is 0 Å². The summed E-state index contributed by atoms with van der Waals surface area (Å²) in [4.78, 5) is 11.5. The maximum absolute atomic E-state index is 11.5. The van der Waals surface area contributed by atoms with Crippen molar-refractivity contribution >= 4 is 23.4 Å². The zero-order chi connectivity index (χ0) is 10.8. The molecule has 15 heavy (non-hydrogen) atoms. The van der Waals surface area contributed by atoms with Gasteiger partial charge in [-0.3, -0.25) is 4.79 Å². The number of amides is 1. The lowest BCUT2D eigenvalue weighted by molar-refractivity contribution is -0.116. The second kappa shape index (κ2) is 3.69. The Balaban J connectivity index is 2.30. The first-order valence-corrected chi connectivity index (χ1v) is 4.80. The summed E-state index contributed by atoms with van der Waals surface area (Å²) in [6.07, 6.45) is 2.19. The molecule has 0 saturated carbocycles. The highest BCUT2D eigenvalue weighted by Crippen LogP contribution is 2.20. The maximum atomic E-state index is 11.5. The van der Waals surface area contributed by atoms with Gasteiger partial charge in [-0.15, -0.1) is 0 Å². The average Bonchev–Trinajstić information content (AvgIpc) is 2.58. The van der Waals surface area contributed by atoms with Crippen LogP contribution in [0.3, 0.4) is 0 Å². The Morgan fingerprint density at radius 2 is 2.07 bits per heavy atom. The number of carbonyl (C=O) groups excluding carboxylic acids is 1. The molecule has 1 heterocycles. The SMILES string of the molecule is C=Cc1ccc(N2N=C(C)CC2=O)cc1. The van der Waals surface area contributed by atoms with Crippen molar-refractivity contribution < 1.29 is 4.79 Å². The van der Waals surface area contributed by atoms with Gasteiger partial charge in [0.05, 0.1) is 12.1 Å². The summed E-state index contributed by atoms with van der Waals surface area (Å²) in [5.41, 5.74) is 2.70. The van der Waals surface area contributed by atoms with E-state index in [4.69, 9.17) is 0 Å². The Hall–Kier alpha value is -1.90. The van der Waals surface area contributed by atoms with Crippen LogP contribution in [-0.2, 0) is 4.79 Å². The third-order valence-corrected chi connectivity index (χ3v) is 2.29. The van der Waals surface area contributed by atoms with Crippen molar-refractivity contribution in [3.63, 3.8) is 0 Å². The van der Waals surface area contributed by atoms with Gasteiger partial charge >= 0.3 is 0 Å². The largest absolute Gasteiger partial charge is 0.272 e. The molecule has 0 bridgehead atoms. The number of hydrazone groups is 1. The molecule has 1 aromatic carbocycles. The molecule has 0 aromatic heterocycles. The predicted molar refractivity (Wildman–Crippen MR) is 61.7 cm³/mol. The van der Waals surface area contributed by atoms with E-state index in [9.17, 15) is 4.79 Å². The summed E-state index contributed by atoms with van der Waals surface area (Å²) in [6, 6.07) is 7.57. The van der Waals surface area contributed by atoms with Crippen molar-refractivity contribution in [1.82, 2.24) is 0 Å². The van der Waals surface area contributed by atoms with Gasteiger partial charge in [0.1, 0.15) is 0 Å². The van der Waals surface area contributed by atoms with E-state index < -0.39 is 0 Å². The summed E-state index contributed by atoms with van der Waals surface area (Å²) in [5, 5.41) is 5.62. The first kappa shape index (κ1) is 9.65. The number of nitrogens with zero attached hydrogens (tertiary/aromatic N) is 2. The van der Waals surface area contributed by atoms with Crippen LogP contribution in [0.25, 0.3) is 6.08 Å². The molecule has 2 rings (SSSR count). The number of anilines is 1. The molecule has 1 aliphatic rings. The minimum atomic E-state index is 0.0267. The second-order valence-corrected chi connectivity index (χ2v) is 3.51. The lowest BCUT2D eigenvalue weighted by Gasteiger charge is -2.11. The van der Waals surface area contributed by atoms with Gasteiger partial charge < -0.3 is 0 Å². The zero-order valence-corrected chi connectivity index (χ0v) is 8.60. The molecule has 0 N–H and O–H groups in total. The fourth-order valence-corrected chi connectivity index (χ4v) is 1.51. The molecule has 0 saturated heterocycles. The smallest absolute Gasteiger partial charge is 0.253 e. The van der Waals surface area contributed by atoms with Crippen LogP contribution < -0.4 is 5.01 Å². The highest BCUT2D eigenvalue weighted by atomic mass is 16.2. The molecule has 3 nitrogen and oxygen atoms in total. The maximum Gasteiger partial charge on any atom is 0.253 e. The van der Waals surface area contributed by atoms with Crippen LogP contribution in [0.15, 0.2) is 35.9 Å². The van der Waals surface area contributed by atoms with E-state index in [1.807, 2.05) is 31.2 Å². The standard InChI is InChI=1S/C12H12N2O/c1-3-10-4-6-11(7-5-10)14-12(15)8-9(2)13-14/h3-7H,1,8H2,2H3. The van der Waals surface area contributed by atoms with Crippen LogP contribution in [0.1, 0.15) is 18.9 Å². The third kappa shape index (κ3) is 1.81. The van der Waals surface area contributed by atoms with E-state index in [0.29, 0.717) is 6.42 Å². The summed E-state index contributed by atoms with van der Waals surface area (Å²) < 4.78 is 0. The monoisotopic (exact) mass is 200 g/mol. The molecule has 3 heteroatoms. The van der Waals surface area contributed by atoms with E-state index >= 15 is 0 Å². The van der Waals surface area contributed by atoms with E-state index in [1.165, 1.54) is 5.01 Å². The minimum absolute atomic E-state index is 0.0267. The van der Waals surface area contributed by atoms with E-state index in [0.717, 1.165) is 17.0 Å². The number of benzene rings is 1. The fourth-order valence-electron chi connectivity index (χ4n) is 1.51. The predicted octanol–water partition coefficient (Wildman–Crippen LogP) is 2.44. The topological polar surface area (TPSA) is 32.7 Å². The normalized spacial score (nSPS) is 15.4. The van der Waals surface area contributed by atoms with Crippen molar-refractivity contribution in [3.05, 3.63) is 36.4 Å². The molecule has 0 atom stereocenters. The van der Waals surface area contributed by atoms with Gasteiger partial charge in [0.25, 0.3) is 5.91 Å². The van der Waals surface area contributed by atoms with Crippen LogP contribution in [0.5, 0.6) is 0 Å². The first-order chi connectivity index (χ1) is 7.20. The highest BCUT2D eigenvalue weighted by molar-refractivity contribution is 6.12. The average molecular weight is 200 g/mol. The molecule has 1 aliphatic heterocycles.